The van der Waals surface area contributed by atoms with E-state index in [1.54, 1.807) is 22.8 Å². The van der Waals surface area contributed by atoms with E-state index in [-0.39, 0.29) is 23.8 Å². The second kappa shape index (κ2) is 9.58. The Hall–Kier alpha value is -1.83. The zero-order chi connectivity index (χ0) is 20.1. The number of nitrogens with one attached hydrogen (secondary N) is 1. The van der Waals surface area contributed by atoms with E-state index in [1.165, 1.54) is 11.8 Å². The molecule has 0 bridgehead atoms. The standard InChI is InChI=1S/C20H19BrClN3O2S/c1-2-9-23-18(26)12-28-20-24-17-8-7-14(21)10-15(17)19(27)25(20)11-13-5-3-4-6-16(13)22/h3-8,10H,2,9,11-12H2,1H3,(H,23,26). The number of thioether (sulfide) groups is 1. The predicted molar refractivity (Wildman–Crippen MR) is 118 cm³/mol. The van der Waals surface area contributed by atoms with Crippen molar-refractivity contribution in [3.8, 4) is 0 Å². The maximum atomic E-state index is 13.2. The number of hydrogen-bond acceptors (Lipinski definition) is 4. The lowest BCUT2D eigenvalue weighted by molar-refractivity contribution is -0.118. The Morgan fingerprint density at radius 3 is 2.82 bits per heavy atom. The average Bonchev–Trinajstić information content (AvgIpc) is 2.69. The maximum absolute atomic E-state index is 13.2. The highest BCUT2D eigenvalue weighted by Crippen LogP contribution is 2.23. The van der Waals surface area contributed by atoms with Crippen LogP contribution >= 0.6 is 39.3 Å². The Labute approximate surface area is 180 Å². The summed E-state index contributed by atoms with van der Waals surface area (Å²) in [6.07, 6.45) is 0.872. The Morgan fingerprint density at radius 1 is 1.29 bits per heavy atom. The normalized spacial score (nSPS) is 11.0. The average molecular weight is 481 g/mol. The third-order valence-electron chi connectivity index (χ3n) is 4.07. The lowest BCUT2D eigenvalue weighted by Gasteiger charge is -2.14. The molecule has 0 aliphatic heterocycles. The van der Waals surface area contributed by atoms with Gasteiger partial charge >= 0.3 is 0 Å². The minimum Gasteiger partial charge on any atom is -0.355 e. The summed E-state index contributed by atoms with van der Waals surface area (Å²) in [5.41, 5.74) is 1.25. The van der Waals surface area contributed by atoms with Gasteiger partial charge in [0.15, 0.2) is 5.16 Å². The highest BCUT2D eigenvalue weighted by molar-refractivity contribution is 9.10. The van der Waals surface area contributed by atoms with Crippen LogP contribution < -0.4 is 10.9 Å². The molecule has 0 fully saturated rings. The van der Waals surface area contributed by atoms with Crippen molar-refractivity contribution in [1.29, 1.82) is 0 Å². The van der Waals surface area contributed by atoms with E-state index in [2.05, 4.69) is 26.2 Å². The lowest BCUT2D eigenvalue weighted by Crippen LogP contribution is -2.27. The zero-order valence-corrected chi connectivity index (χ0v) is 18.4. The Bertz CT molecular complexity index is 1070. The summed E-state index contributed by atoms with van der Waals surface area (Å²) >= 11 is 10.9. The first-order valence-electron chi connectivity index (χ1n) is 8.82. The Kier molecular flexibility index (Phi) is 7.15. The van der Waals surface area contributed by atoms with Crippen LogP contribution in [0.25, 0.3) is 10.9 Å². The van der Waals surface area contributed by atoms with E-state index in [9.17, 15) is 9.59 Å². The van der Waals surface area contributed by atoms with E-state index in [4.69, 9.17) is 11.6 Å². The van der Waals surface area contributed by atoms with Crippen molar-refractivity contribution in [2.75, 3.05) is 12.3 Å². The summed E-state index contributed by atoms with van der Waals surface area (Å²) in [4.78, 5) is 29.8. The summed E-state index contributed by atoms with van der Waals surface area (Å²) in [5.74, 6) is 0.109. The van der Waals surface area contributed by atoms with Gasteiger partial charge < -0.3 is 5.32 Å². The van der Waals surface area contributed by atoms with Crippen LogP contribution in [0.1, 0.15) is 18.9 Å². The van der Waals surface area contributed by atoms with Crippen molar-refractivity contribution in [2.24, 2.45) is 0 Å². The van der Waals surface area contributed by atoms with Crippen molar-refractivity contribution in [1.82, 2.24) is 14.9 Å². The summed E-state index contributed by atoms with van der Waals surface area (Å²) < 4.78 is 2.39. The zero-order valence-electron chi connectivity index (χ0n) is 15.2. The van der Waals surface area contributed by atoms with Gasteiger partial charge in [0, 0.05) is 16.0 Å². The molecule has 8 heteroatoms. The number of benzene rings is 2. The number of hydrogen-bond donors (Lipinski definition) is 1. The molecule has 28 heavy (non-hydrogen) atoms. The minimum absolute atomic E-state index is 0.0821. The molecule has 0 radical (unpaired) electrons. The molecule has 0 saturated heterocycles. The number of aromatic nitrogens is 2. The van der Waals surface area contributed by atoms with Crippen LogP contribution in [-0.4, -0.2) is 27.8 Å². The van der Waals surface area contributed by atoms with Crippen LogP contribution in [0, 0.1) is 0 Å². The fraction of sp³-hybridized carbons (Fsp3) is 0.250. The molecule has 0 saturated carbocycles. The van der Waals surface area contributed by atoms with Gasteiger partial charge in [-0.15, -0.1) is 0 Å². The monoisotopic (exact) mass is 479 g/mol. The Morgan fingerprint density at radius 2 is 2.07 bits per heavy atom. The van der Waals surface area contributed by atoms with Gasteiger partial charge in [-0.2, -0.15) is 0 Å². The van der Waals surface area contributed by atoms with Crippen molar-refractivity contribution < 1.29 is 4.79 Å². The predicted octanol–water partition coefficient (Wildman–Crippen LogP) is 4.48. The number of rotatable bonds is 7. The molecular weight excluding hydrogens is 462 g/mol. The van der Waals surface area contributed by atoms with E-state index in [0.29, 0.717) is 27.6 Å². The molecule has 1 N–H and O–H groups in total. The van der Waals surface area contributed by atoms with Crippen LogP contribution in [0.5, 0.6) is 0 Å². The molecule has 3 rings (SSSR count). The largest absolute Gasteiger partial charge is 0.355 e. The van der Waals surface area contributed by atoms with Gasteiger partial charge in [0.25, 0.3) is 5.56 Å². The smallest absolute Gasteiger partial charge is 0.262 e. The van der Waals surface area contributed by atoms with Crippen LogP contribution in [0.3, 0.4) is 0 Å². The van der Waals surface area contributed by atoms with Gasteiger partial charge in [0.05, 0.1) is 23.2 Å². The first kappa shape index (κ1) is 20.9. The molecule has 1 heterocycles. The molecule has 3 aromatic rings. The molecule has 0 unspecified atom stereocenters. The Balaban J connectivity index is 2.02. The van der Waals surface area contributed by atoms with Gasteiger partial charge in [-0.05, 0) is 36.2 Å². The van der Waals surface area contributed by atoms with Gasteiger partial charge in [-0.1, -0.05) is 64.4 Å². The van der Waals surface area contributed by atoms with E-state index >= 15 is 0 Å². The molecular formula is C20H19BrClN3O2S. The van der Waals surface area contributed by atoms with Crippen LogP contribution in [-0.2, 0) is 11.3 Å². The van der Waals surface area contributed by atoms with E-state index in [1.807, 2.05) is 31.2 Å². The number of fused-ring (bicyclic) bond motifs is 1. The van der Waals surface area contributed by atoms with Crippen LogP contribution in [0.2, 0.25) is 5.02 Å². The number of carbonyl (C=O) groups excluding carboxylic acids is 1. The second-order valence-corrected chi connectivity index (χ2v) is 8.44. The summed E-state index contributed by atoms with van der Waals surface area (Å²) in [6, 6.07) is 12.8. The SMILES string of the molecule is CCCNC(=O)CSc1nc2ccc(Br)cc2c(=O)n1Cc1ccccc1Cl. The van der Waals surface area contributed by atoms with E-state index < -0.39 is 0 Å². The molecule has 1 aromatic heterocycles. The van der Waals surface area contributed by atoms with Crippen molar-refractivity contribution in [3.05, 3.63) is 67.9 Å². The van der Waals surface area contributed by atoms with Crippen molar-refractivity contribution in [3.63, 3.8) is 0 Å². The van der Waals surface area contributed by atoms with E-state index in [0.717, 1.165) is 16.5 Å². The number of carbonyl (C=O) groups is 1. The number of halogens is 2. The van der Waals surface area contributed by atoms with Crippen LogP contribution in [0.4, 0.5) is 0 Å². The lowest BCUT2D eigenvalue weighted by atomic mass is 10.2. The fourth-order valence-corrected chi connectivity index (χ4v) is 4.05. The highest BCUT2D eigenvalue weighted by Gasteiger charge is 2.15. The molecule has 0 aliphatic carbocycles. The summed E-state index contributed by atoms with van der Waals surface area (Å²) in [5, 5.41) is 4.43. The highest BCUT2D eigenvalue weighted by atomic mass is 79.9. The van der Waals surface area contributed by atoms with Gasteiger partial charge in [0.2, 0.25) is 5.91 Å². The quantitative estimate of drug-likeness (QED) is 0.400. The van der Waals surface area contributed by atoms with Crippen molar-refractivity contribution in [2.45, 2.75) is 25.0 Å². The molecule has 1 amide bonds. The maximum Gasteiger partial charge on any atom is 0.262 e. The molecule has 0 spiro atoms. The minimum atomic E-state index is -0.164. The second-order valence-electron chi connectivity index (χ2n) is 6.18. The van der Waals surface area contributed by atoms with Gasteiger partial charge in [0.1, 0.15) is 0 Å². The first-order chi connectivity index (χ1) is 13.5. The molecule has 0 aliphatic rings. The molecule has 0 atom stereocenters. The number of nitrogens with zero attached hydrogens (tertiary/aromatic N) is 2. The van der Waals surface area contributed by atoms with Gasteiger partial charge in [-0.3, -0.25) is 14.2 Å². The topological polar surface area (TPSA) is 64.0 Å². The molecule has 2 aromatic carbocycles. The van der Waals surface area contributed by atoms with Gasteiger partial charge in [-0.25, -0.2) is 4.98 Å². The van der Waals surface area contributed by atoms with Crippen molar-refractivity contribution >= 4 is 56.1 Å². The molecule has 5 nitrogen and oxygen atoms in total. The fourth-order valence-electron chi connectivity index (χ4n) is 2.66. The number of amides is 1. The summed E-state index contributed by atoms with van der Waals surface area (Å²) in [7, 11) is 0. The third-order valence-corrected chi connectivity index (χ3v) is 5.91. The first-order valence-corrected chi connectivity index (χ1v) is 11.0. The molecule has 146 valence electrons. The van der Waals surface area contributed by atoms with Crippen LogP contribution in [0.15, 0.2) is 56.9 Å². The third kappa shape index (κ3) is 4.96. The summed E-state index contributed by atoms with van der Waals surface area (Å²) in [6.45, 7) is 2.91.